The van der Waals surface area contributed by atoms with Crippen molar-refractivity contribution in [3.8, 4) is 6.07 Å². The molecule has 0 radical (unpaired) electrons. The smallest absolute Gasteiger partial charge is 0.332 e. The number of nitriles is 1. The van der Waals surface area contributed by atoms with Crippen molar-refractivity contribution in [1.29, 1.82) is 5.26 Å². The van der Waals surface area contributed by atoms with Crippen LogP contribution in [0.2, 0.25) is 0 Å². The Hall–Kier alpha value is -2.79. The highest BCUT2D eigenvalue weighted by molar-refractivity contribution is 5.53. The first kappa shape index (κ1) is 17.0. The van der Waals surface area contributed by atoms with Crippen molar-refractivity contribution in [3.05, 3.63) is 50.6 Å². The fraction of sp³-hybridized carbons (Fsp3) is 0.471. The molecular weight excluding hydrogens is 324 g/mol. The van der Waals surface area contributed by atoms with Gasteiger partial charge in [0.2, 0.25) is 0 Å². The van der Waals surface area contributed by atoms with Crippen molar-refractivity contribution in [2.24, 2.45) is 14.1 Å². The Morgan fingerprint density at radius 2 is 2.16 bits per heavy atom. The van der Waals surface area contributed by atoms with Gasteiger partial charge in [-0.2, -0.15) is 5.26 Å². The summed E-state index contributed by atoms with van der Waals surface area (Å²) in [5.41, 5.74) is -1.14. The van der Waals surface area contributed by atoms with E-state index in [1.807, 2.05) is 17.0 Å². The van der Waals surface area contributed by atoms with E-state index in [1.54, 1.807) is 19.4 Å². The Balaban J connectivity index is 2.10. The van der Waals surface area contributed by atoms with Crippen LogP contribution in [0.25, 0.3) is 0 Å². The maximum atomic E-state index is 12.4. The molecule has 0 spiro atoms. The molecule has 2 aromatic rings. The number of aromatic nitrogens is 2. The molecule has 1 fully saturated rings. The van der Waals surface area contributed by atoms with Crippen LogP contribution in [0.15, 0.2) is 32.4 Å². The maximum Gasteiger partial charge on any atom is 0.332 e. The monoisotopic (exact) mass is 344 g/mol. The first-order valence-electron chi connectivity index (χ1n) is 8.12. The minimum absolute atomic E-state index is 0.0133. The summed E-state index contributed by atoms with van der Waals surface area (Å²) in [4.78, 5) is 26.6. The van der Waals surface area contributed by atoms with Crippen molar-refractivity contribution in [1.82, 2.24) is 9.13 Å². The minimum atomic E-state index is -0.600. The van der Waals surface area contributed by atoms with Gasteiger partial charge in [-0.25, -0.2) is 4.79 Å². The van der Waals surface area contributed by atoms with Crippen molar-refractivity contribution in [2.45, 2.75) is 25.5 Å². The van der Waals surface area contributed by atoms with Crippen molar-refractivity contribution < 1.29 is 9.15 Å². The van der Waals surface area contributed by atoms with E-state index in [1.165, 1.54) is 11.6 Å². The van der Waals surface area contributed by atoms with Gasteiger partial charge in [-0.15, -0.1) is 0 Å². The van der Waals surface area contributed by atoms with Crippen molar-refractivity contribution >= 4 is 5.82 Å². The van der Waals surface area contributed by atoms with E-state index < -0.39 is 11.2 Å². The highest BCUT2D eigenvalue weighted by atomic mass is 16.5. The van der Waals surface area contributed by atoms with E-state index in [-0.39, 0.29) is 11.7 Å². The molecule has 3 heterocycles. The van der Waals surface area contributed by atoms with Gasteiger partial charge in [0.25, 0.3) is 5.56 Å². The summed E-state index contributed by atoms with van der Waals surface area (Å²) in [7, 11) is 2.93. The Morgan fingerprint density at radius 1 is 1.36 bits per heavy atom. The van der Waals surface area contributed by atoms with Crippen LogP contribution in [0.5, 0.6) is 0 Å². The molecule has 132 valence electrons. The fourth-order valence-electron chi connectivity index (χ4n) is 3.15. The summed E-state index contributed by atoms with van der Waals surface area (Å²) in [5, 5.41) is 9.51. The lowest BCUT2D eigenvalue weighted by atomic mass is 10.2. The molecule has 8 heteroatoms. The average Bonchev–Trinajstić information content (AvgIpc) is 3.29. The number of nitrogens with zero attached hydrogens (tertiary/aromatic N) is 4. The molecule has 1 aliphatic rings. The van der Waals surface area contributed by atoms with Gasteiger partial charge >= 0.3 is 5.69 Å². The molecule has 0 bridgehead atoms. The molecular formula is C17H20N4O4. The topological polar surface area (TPSA) is 93.4 Å². The van der Waals surface area contributed by atoms with Crippen LogP contribution in [0, 0.1) is 11.3 Å². The van der Waals surface area contributed by atoms with Crippen LogP contribution >= 0.6 is 0 Å². The van der Waals surface area contributed by atoms with E-state index in [2.05, 4.69) is 0 Å². The van der Waals surface area contributed by atoms with Crippen molar-refractivity contribution in [3.63, 3.8) is 0 Å². The molecule has 0 unspecified atom stereocenters. The van der Waals surface area contributed by atoms with Gasteiger partial charge in [0.1, 0.15) is 17.6 Å². The van der Waals surface area contributed by atoms with Gasteiger partial charge in [-0.05, 0) is 25.0 Å². The largest absolute Gasteiger partial charge is 0.467 e. The molecule has 1 aliphatic heterocycles. The number of ether oxygens (including phenoxy) is 1. The molecule has 1 saturated heterocycles. The second-order valence-electron chi connectivity index (χ2n) is 6.11. The number of rotatable bonds is 5. The Kier molecular flexibility index (Phi) is 4.76. The zero-order valence-corrected chi connectivity index (χ0v) is 14.3. The zero-order valence-electron chi connectivity index (χ0n) is 14.3. The third-order valence-electron chi connectivity index (χ3n) is 4.42. The van der Waals surface area contributed by atoms with Crippen LogP contribution in [-0.2, 0) is 25.4 Å². The minimum Gasteiger partial charge on any atom is -0.467 e. The highest BCUT2D eigenvalue weighted by Gasteiger charge is 2.26. The molecule has 8 nitrogen and oxygen atoms in total. The Bertz CT molecular complexity index is 898. The number of anilines is 1. The van der Waals surface area contributed by atoms with E-state index in [9.17, 15) is 14.9 Å². The zero-order chi connectivity index (χ0) is 18.0. The van der Waals surface area contributed by atoms with Crippen LogP contribution < -0.4 is 16.1 Å². The molecule has 0 aliphatic carbocycles. The van der Waals surface area contributed by atoms with Gasteiger partial charge in [-0.1, -0.05) is 0 Å². The lowest BCUT2D eigenvalue weighted by Gasteiger charge is -2.28. The van der Waals surface area contributed by atoms with Crippen molar-refractivity contribution in [2.75, 3.05) is 18.1 Å². The second kappa shape index (κ2) is 6.99. The van der Waals surface area contributed by atoms with Gasteiger partial charge in [-0.3, -0.25) is 13.9 Å². The van der Waals surface area contributed by atoms with Gasteiger partial charge in [0, 0.05) is 27.2 Å². The molecule has 0 amide bonds. The highest BCUT2D eigenvalue weighted by Crippen LogP contribution is 2.22. The van der Waals surface area contributed by atoms with Crippen LogP contribution in [-0.4, -0.2) is 28.4 Å². The Morgan fingerprint density at radius 3 is 2.76 bits per heavy atom. The number of furan rings is 1. The first-order chi connectivity index (χ1) is 12.0. The van der Waals surface area contributed by atoms with Gasteiger partial charge in [0.05, 0.1) is 18.9 Å². The quantitative estimate of drug-likeness (QED) is 0.794. The second-order valence-corrected chi connectivity index (χ2v) is 6.11. The number of hydrogen-bond donors (Lipinski definition) is 0. The van der Waals surface area contributed by atoms with Crippen LogP contribution in [0.3, 0.4) is 0 Å². The van der Waals surface area contributed by atoms with E-state index in [0.29, 0.717) is 31.3 Å². The summed E-state index contributed by atoms with van der Waals surface area (Å²) in [5.74, 6) is 0.970. The Labute approximate surface area is 144 Å². The summed E-state index contributed by atoms with van der Waals surface area (Å²) < 4.78 is 13.4. The summed E-state index contributed by atoms with van der Waals surface area (Å²) in [6, 6.07) is 5.54. The number of hydrogen-bond acceptors (Lipinski definition) is 6. The lowest BCUT2D eigenvalue weighted by molar-refractivity contribution is 0.114. The SMILES string of the molecule is Cn1c(N(Cc2ccco2)C[C@H]2CCCO2)c(C#N)c(=O)n(C)c1=O. The van der Waals surface area contributed by atoms with E-state index >= 15 is 0 Å². The molecule has 0 N–H and O–H groups in total. The predicted molar refractivity (Wildman–Crippen MR) is 90.4 cm³/mol. The summed E-state index contributed by atoms with van der Waals surface area (Å²) in [6.45, 7) is 1.50. The molecule has 3 rings (SSSR count). The average molecular weight is 344 g/mol. The van der Waals surface area contributed by atoms with Crippen LogP contribution in [0.1, 0.15) is 24.2 Å². The van der Waals surface area contributed by atoms with E-state index in [4.69, 9.17) is 9.15 Å². The maximum absolute atomic E-state index is 12.4. The standard InChI is InChI=1S/C17H20N4O4/c1-19-15(14(9-18)16(22)20(2)17(19)23)21(10-12-5-3-7-24-12)11-13-6-4-8-25-13/h3,5,7,13H,4,6,8,10-11H2,1-2H3/t13-/m1/s1. The fourth-order valence-corrected chi connectivity index (χ4v) is 3.15. The third kappa shape index (κ3) is 3.23. The molecule has 0 aromatic carbocycles. The molecule has 2 aromatic heterocycles. The summed E-state index contributed by atoms with van der Waals surface area (Å²) in [6.07, 6.45) is 3.42. The lowest BCUT2D eigenvalue weighted by Crippen LogP contribution is -2.44. The molecule has 25 heavy (non-hydrogen) atoms. The van der Waals surface area contributed by atoms with Gasteiger partial charge in [0.15, 0.2) is 5.56 Å². The molecule has 0 saturated carbocycles. The van der Waals surface area contributed by atoms with E-state index in [0.717, 1.165) is 17.4 Å². The molecule has 1 atom stereocenters. The first-order valence-corrected chi connectivity index (χ1v) is 8.12. The normalized spacial score (nSPS) is 16.8. The predicted octanol–water partition coefficient (Wildman–Crippen LogP) is 0.734. The van der Waals surface area contributed by atoms with Crippen LogP contribution in [0.4, 0.5) is 5.82 Å². The van der Waals surface area contributed by atoms with Gasteiger partial charge < -0.3 is 14.1 Å². The summed E-state index contributed by atoms with van der Waals surface area (Å²) >= 11 is 0. The third-order valence-corrected chi connectivity index (χ3v) is 4.42.